The molecular weight excluding hydrogens is 400 g/mol. The number of carbonyl (C=O) groups is 2. The lowest BCUT2D eigenvalue weighted by atomic mass is 10.1. The number of nitrogens with one attached hydrogen (secondary N) is 1. The molecule has 0 spiro atoms. The van der Waals surface area contributed by atoms with Gasteiger partial charge in [-0.1, -0.05) is 0 Å². The van der Waals surface area contributed by atoms with Crippen LogP contribution in [0.25, 0.3) is 0 Å². The number of benzene rings is 1. The summed E-state index contributed by atoms with van der Waals surface area (Å²) in [7, 11) is 0. The monoisotopic (exact) mass is 424 g/mol. The molecule has 0 aromatic heterocycles. The van der Waals surface area contributed by atoms with Crippen LogP contribution in [0.1, 0.15) is 34.1 Å². The highest BCUT2D eigenvalue weighted by Gasteiger charge is 2.29. The van der Waals surface area contributed by atoms with Crippen molar-refractivity contribution in [3.05, 3.63) is 29.3 Å². The van der Waals surface area contributed by atoms with Crippen LogP contribution in [0, 0.1) is 23.3 Å². The smallest absolute Gasteiger partial charge is 0.308 e. The summed E-state index contributed by atoms with van der Waals surface area (Å²) in [6, 6.07) is -2.30. The van der Waals surface area contributed by atoms with Crippen LogP contribution in [0.15, 0.2) is 6.07 Å². The normalized spacial score (nSPS) is 14.7. The Morgan fingerprint density at radius 1 is 1.17 bits per heavy atom. The Morgan fingerprint density at radius 3 is 2.14 bits per heavy atom. The molecule has 1 rings (SSSR count). The van der Waals surface area contributed by atoms with Crippen molar-refractivity contribution < 1.29 is 41.7 Å². The van der Waals surface area contributed by atoms with Gasteiger partial charge in [0.1, 0.15) is 18.3 Å². The molecule has 4 N–H and O–H groups in total. The average Bonchev–Trinajstić information content (AvgIpc) is 2.57. The quantitative estimate of drug-likeness (QED) is 0.332. The van der Waals surface area contributed by atoms with Crippen LogP contribution in [0.2, 0.25) is 0 Å². The fourth-order valence-corrected chi connectivity index (χ4v) is 2.12. The number of hydrogen-bond acceptors (Lipinski definition) is 6. The highest BCUT2D eigenvalue weighted by molar-refractivity contribution is 5.82. The van der Waals surface area contributed by atoms with Crippen LogP contribution >= 0.6 is 0 Å². The molecule has 0 bridgehead atoms. The van der Waals surface area contributed by atoms with Gasteiger partial charge < -0.3 is 25.6 Å². The van der Waals surface area contributed by atoms with E-state index in [1.165, 1.54) is 6.92 Å². The van der Waals surface area contributed by atoms with Crippen molar-refractivity contribution in [1.82, 2.24) is 5.32 Å². The third-order valence-corrected chi connectivity index (χ3v) is 3.48. The largest absolute Gasteiger partial charge is 0.485 e. The van der Waals surface area contributed by atoms with Gasteiger partial charge in [-0.25, -0.2) is 8.78 Å². The van der Waals surface area contributed by atoms with Gasteiger partial charge in [0.25, 0.3) is 0 Å². The summed E-state index contributed by atoms with van der Waals surface area (Å²) < 4.78 is 63.6. The van der Waals surface area contributed by atoms with Crippen LogP contribution in [0.5, 0.6) is 5.75 Å². The Morgan fingerprint density at radius 2 is 1.69 bits per heavy atom. The van der Waals surface area contributed by atoms with Crippen molar-refractivity contribution in [3.8, 4) is 5.75 Å². The molecular formula is C18H24F4N2O5. The number of amides is 1. The van der Waals surface area contributed by atoms with E-state index in [4.69, 9.17) is 10.5 Å². The molecule has 7 nitrogen and oxygen atoms in total. The van der Waals surface area contributed by atoms with E-state index in [0.717, 1.165) is 0 Å². The first-order valence-corrected chi connectivity index (χ1v) is 8.64. The molecule has 164 valence electrons. The minimum absolute atomic E-state index is 0.00211. The summed E-state index contributed by atoms with van der Waals surface area (Å²) in [6.07, 6.45) is -2.22. The number of carbonyl (C=O) groups excluding carboxylic acids is 2. The standard InChI is InChI=1S/C18H24F4N2O5/c1-8(23)17(27)24-11(6-13(26)29-18(2,3)4)12(25)7-28-16-14(21)9(19)5-10(20)15(16)22/h5,8,11-12,25H,6-7,23H2,1-4H3,(H,24,27)/t8-,11-,12?/m0/s1. The number of ether oxygens (including phenoxy) is 2. The Hall–Kier alpha value is -2.40. The Kier molecular flexibility index (Phi) is 8.39. The molecule has 1 aromatic rings. The van der Waals surface area contributed by atoms with Crippen molar-refractivity contribution in [2.45, 2.75) is 57.9 Å². The van der Waals surface area contributed by atoms with E-state index in [2.05, 4.69) is 10.1 Å². The first-order chi connectivity index (χ1) is 13.2. The lowest BCUT2D eigenvalue weighted by Gasteiger charge is -2.26. The third kappa shape index (κ3) is 7.50. The Labute approximate surface area is 165 Å². The number of esters is 1. The van der Waals surface area contributed by atoms with Gasteiger partial charge in [0.15, 0.2) is 17.4 Å². The van der Waals surface area contributed by atoms with Gasteiger partial charge in [-0.15, -0.1) is 0 Å². The van der Waals surface area contributed by atoms with Crippen LogP contribution in [0.3, 0.4) is 0 Å². The first kappa shape index (κ1) is 24.6. The topological polar surface area (TPSA) is 111 Å². The van der Waals surface area contributed by atoms with E-state index in [0.29, 0.717) is 0 Å². The van der Waals surface area contributed by atoms with Crippen molar-refractivity contribution >= 4 is 11.9 Å². The number of nitrogens with two attached hydrogens (primary N) is 1. The number of hydrogen-bond donors (Lipinski definition) is 3. The predicted molar refractivity (Wildman–Crippen MR) is 93.8 cm³/mol. The van der Waals surface area contributed by atoms with Gasteiger partial charge in [0.05, 0.1) is 18.5 Å². The molecule has 0 radical (unpaired) electrons. The minimum atomic E-state index is -1.79. The Bertz CT molecular complexity index is 726. The van der Waals surface area contributed by atoms with Gasteiger partial charge in [-0.3, -0.25) is 9.59 Å². The summed E-state index contributed by atoms with van der Waals surface area (Å²) in [6.45, 7) is 5.25. The second kappa shape index (κ2) is 9.88. The highest BCUT2D eigenvalue weighted by atomic mass is 19.2. The molecule has 0 fully saturated rings. The summed E-state index contributed by atoms with van der Waals surface area (Å²) in [4.78, 5) is 23.9. The molecule has 0 heterocycles. The summed E-state index contributed by atoms with van der Waals surface area (Å²) in [5, 5.41) is 12.5. The third-order valence-electron chi connectivity index (χ3n) is 3.48. The van der Waals surface area contributed by atoms with Gasteiger partial charge >= 0.3 is 5.97 Å². The minimum Gasteiger partial charge on any atom is -0.485 e. The predicted octanol–water partition coefficient (Wildman–Crippen LogP) is 1.55. The van der Waals surface area contributed by atoms with Gasteiger partial charge in [-0.05, 0) is 27.7 Å². The van der Waals surface area contributed by atoms with E-state index in [-0.39, 0.29) is 6.07 Å². The van der Waals surface area contributed by atoms with Gasteiger partial charge in [0, 0.05) is 6.07 Å². The van der Waals surface area contributed by atoms with E-state index in [1.54, 1.807) is 20.8 Å². The zero-order chi connectivity index (χ0) is 22.5. The second-order valence-corrected chi connectivity index (χ2v) is 7.37. The lowest BCUT2D eigenvalue weighted by molar-refractivity contribution is -0.156. The van der Waals surface area contributed by atoms with E-state index in [1.807, 2.05) is 0 Å². The summed E-state index contributed by atoms with van der Waals surface area (Å²) in [5.74, 6) is -9.87. The molecule has 0 aliphatic carbocycles. The molecule has 29 heavy (non-hydrogen) atoms. The molecule has 11 heteroatoms. The van der Waals surface area contributed by atoms with Gasteiger partial charge in [0.2, 0.25) is 17.5 Å². The van der Waals surface area contributed by atoms with E-state index in [9.17, 15) is 32.3 Å². The van der Waals surface area contributed by atoms with Crippen LogP contribution in [-0.2, 0) is 14.3 Å². The molecule has 1 aromatic carbocycles. The molecule has 0 saturated heterocycles. The SMILES string of the molecule is C[C@H](N)C(=O)N[C@@H](CC(=O)OC(C)(C)C)C(O)COc1c(F)c(F)cc(F)c1F. The molecule has 1 unspecified atom stereocenters. The van der Waals surface area contributed by atoms with Crippen molar-refractivity contribution in [2.75, 3.05) is 6.61 Å². The van der Waals surface area contributed by atoms with Crippen LogP contribution in [0.4, 0.5) is 17.6 Å². The Balaban J connectivity index is 2.95. The molecule has 3 atom stereocenters. The number of halogens is 4. The average molecular weight is 424 g/mol. The van der Waals surface area contributed by atoms with Crippen LogP contribution in [-0.4, -0.2) is 47.4 Å². The molecule has 0 aliphatic heterocycles. The van der Waals surface area contributed by atoms with E-state index >= 15 is 0 Å². The van der Waals surface area contributed by atoms with E-state index < -0.39 is 77.7 Å². The maximum Gasteiger partial charge on any atom is 0.308 e. The zero-order valence-corrected chi connectivity index (χ0v) is 16.4. The number of rotatable bonds is 8. The lowest BCUT2D eigenvalue weighted by Crippen LogP contribution is -2.51. The number of aliphatic hydroxyl groups excluding tert-OH is 1. The number of aliphatic hydroxyl groups is 1. The zero-order valence-electron chi connectivity index (χ0n) is 16.4. The molecule has 0 aliphatic rings. The second-order valence-electron chi connectivity index (χ2n) is 7.37. The van der Waals surface area contributed by atoms with Gasteiger partial charge in [-0.2, -0.15) is 8.78 Å². The maximum atomic E-state index is 13.7. The van der Waals surface area contributed by atoms with Crippen molar-refractivity contribution in [2.24, 2.45) is 5.73 Å². The molecule has 0 saturated carbocycles. The van der Waals surface area contributed by atoms with Crippen molar-refractivity contribution in [3.63, 3.8) is 0 Å². The molecule has 1 amide bonds. The fraction of sp³-hybridized carbons (Fsp3) is 0.556. The fourth-order valence-electron chi connectivity index (χ4n) is 2.12. The first-order valence-electron chi connectivity index (χ1n) is 8.64. The van der Waals surface area contributed by atoms with Crippen molar-refractivity contribution in [1.29, 1.82) is 0 Å². The summed E-state index contributed by atoms with van der Waals surface area (Å²) in [5.41, 5.74) is 4.58. The maximum absolute atomic E-state index is 13.7. The van der Waals surface area contributed by atoms with Crippen LogP contribution < -0.4 is 15.8 Å². The summed E-state index contributed by atoms with van der Waals surface area (Å²) >= 11 is 0. The highest BCUT2D eigenvalue weighted by Crippen LogP contribution is 2.26.